The second-order valence-corrected chi connectivity index (χ2v) is 12.9. The van der Waals surface area contributed by atoms with Crippen LogP contribution in [0.4, 0.5) is 30.9 Å². The van der Waals surface area contributed by atoms with Gasteiger partial charge < -0.3 is 36.6 Å². The van der Waals surface area contributed by atoms with Crippen molar-refractivity contribution >= 4 is 23.4 Å². The molecule has 4 heterocycles. The molecule has 13 heteroatoms. The Labute approximate surface area is 285 Å². The van der Waals surface area contributed by atoms with Crippen LogP contribution in [-0.4, -0.2) is 72.6 Å². The van der Waals surface area contributed by atoms with Crippen LogP contribution in [-0.2, 0) is 25.7 Å². The topological polar surface area (TPSA) is 138 Å². The van der Waals surface area contributed by atoms with E-state index in [1.165, 1.54) is 23.4 Å². The van der Waals surface area contributed by atoms with Gasteiger partial charge in [0.15, 0.2) is 12.2 Å². The Balaban J connectivity index is 0.987. The third-order valence-electron chi connectivity index (χ3n) is 9.18. The number of nitrogens with one attached hydrogen (secondary N) is 6. The predicted molar refractivity (Wildman–Crippen MR) is 187 cm³/mol. The summed E-state index contributed by atoms with van der Waals surface area (Å²) in [6, 6.07) is 9.83. The van der Waals surface area contributed by atoms with E-state index in [0.29, 0.717) is 37.9 Å². The first-order valence-corrected chi connectivity index (χ1v) is 17.0. The summed E-state index contributed by atoms with van der Waals surface area (Å²) in [6.07, 6.45) is 8.60. The summed E-state index contributed by atoms with van der Waals surface area (Å²) in [4.78, 5) is 24.1. The number of amides is 2. The second kappa shape index (κ2) is 15.6. The van der Waals surface area contributed by atoms with Gasteiger partial charge in [-0.3, -0.25) is 5.32 Å². The van der Waals surface area contributed by atoms with Crippen molar-refractivity contribution in [1.29, 1.82) is 0 Å². The molecule has 1 aromatic carbocycles. The molecule has 2 amide bonds. The Morgan fingerprint density at radius 3 is 2.47 bits per heavy atom. The Hall–Kier alpha value is -4.75. The van der Waals surface area contributed by atoms with E-state index in [1.54, 1.807) is 0 Å². The number of nitrogens with zero attached hydrogens (tertiary/aromatic N) is 3. The highest BCUT2D eigenvalue weighted by Crippen LogP contribution is 2.34. The number of halogens is 2. The second-order valence-electron chi connectivity index (χ2n) is 12.9. The van der Waals surface area contributed by atoms with Gasteiger partial charge in [-0.1, -0.05) is 18.2 Å². The number of aliphatic hydroxyl groups excluding tert-OH is 1. The lowest BCUT2D eigenvalue weighted by Gasteiger charge is -2.27. The van der Waals surface area contributed by atoms with E-state index in [0.717, 1.165) is 66.5 Å². The number of fused-ring (bicyclic) bond motifs is 2. The van der Waals surface area contributed by atoms with E-state index in [2.05, 4.69) is 47.9 Å². The summed E-state index contributed by atoms with van der Waals surface area (Å²) in [5, 5.41) is 28.2. The minimum Gasteiger partial charge on any atom is -0.381 e. The molecule has 49 heavy (non-hydrogen) atoms. The maximum Gasteiger partial charge on any atom is 0.319 e. The van der Waals surface area contributed by atoms with Crippen LogP contribution in [0.15, 0.2) is 59.9 Å². The van der Waals surface area contributed by atoms with E-state index in [9.17, 15) is 14.3 Å². The Kier molecular flexibility index (Phi) is 10.9. The van der Waals surface area contributed by atoms with Crippen LogP contribution in [0.5, 0.6) is 0 Å². The van der Waals surface area contributed by atoms with Crippen molar-refractivity contribution < 1.29 is 18.7 Å². The molecule has 0 bridgehead atoms. The lowest BCUT2D eigenvalue weighted by molar-refractivity contribution is 0.112. The van der Waals surface area contributed by atoms with Crippen LogP contribution in [0.2, 0.25) is 0 Å². The number of anilines is 3. The van der Waals surface area contributed by atoms with Crippen molar-refractivity contribution in [3.63, 3.8) is 0 Å². The van der Waals surface area contributed by atoms with Crippen molar-refractivity contribution in [2.45, 2.75) is 57.2 Å². The number of aromatic nitrogens is 2. The first kappa shape index (κ1) is 34.1. The normalized spacial score (nSPS) is 17.3. The molecule has 2 unspecified atom stereocenters. The fourth-order valence-electron chi connectivity index (χ4n) is 6.41. The predicted octanol–water partition coefficient (Wildman–Crippen LogP) is 4.35. The van der Waals surface area contributed by atoms with Crippen LogP contribution >= 0.6 is 0 Å². The number of urea groups is 1. The molecule has 2 aliphatic heterocycles. The third kappa shape index (κ3) is 8.65. The molecule has 0 saturated heterocycles. The van der Waals surface area contributed by atoms with E-state index in [4.69, 9.17) is 4.98 Å². The summed E-state index contributed by atoms with van der Waals surface area (Å²) in [5.74, 6) is -0.295. The van der Waals surface area contributed by atoms with Crippen LogP contribution in [0, 0.1) is 11.6 Å². The molecule has 3 aromatic rings. The lowest BCUT2D eigenvalue weighted by Crippen LogP contribution is -2.42. The maximum atomic E-state index is 15.7. The molecule has 6 rings (SSSR count). The van der Waals surface area contributed by atoms with E-state index >= 15 is 4.39 Å². The fraction of sp³-hybridized carbons (Fsp3) is 0.417. The van der Waals surface area contributed by atoms with Crippen LogP contribution in [0.1, 0.15) is 53.3 Å². The van der Waals surface area contributed by atoms with Crippen molar-refractivity contribution in [2.75, 3.05) is 56.2 Å². The maximum absolute atomic E-state index is 15.7. The fourth-order valence-corrected chi connectivity index (χ4v) is 6.41. The van der Waals surface area contributed by atoms with E-state index < -0.39 is 29.7 Å². The minimum absolute atomic E-state index is 0.264. The number of aliphatic hydroxyl groups is 1. The summed E-state index contributed by atoms with van der Waals surface area (Å²) >= 11 is 0. The number of aryl methyl sites for hydroxylation is 1. The molecule has 1 aliphatic carbocycles. The molecule has 2 atom stereocenters. The number of pyridine rings is 2. The average Bonchev–Trinajstić information content (AvgIpc) is 3.10. The zero-order valence-electron chi connectivity index (χ0n) is 28.0. The van der Waals surface area contributed by atoms with E-state index in [-0.39, 0.29) is 12.5 Å². The molecule has 0 saturated carbocycles. The molecule has 0 radical (unpaired) electrons. The minimum atomic E-state index is -0.873. The monoisotopic (exact) mass is 673 g/mol. The number of rotatable bonds is 12. The lowest BCUT2D eigenvalue weighted by atomic mass is 9.88. The standard InChI is InChI=1S/C36H45F2N9O2/c1-47(2)28-11-9-25(10-12-28)45-35(48)40-18-15-27-8-6-23-20-24(21-42-34(23)44-27)29-13-14-30(37)32(31(29)38)46-36(49)41-19-16-26-7-5-22-4-3-17-39-33(22)43-26/h5-9,11,13-14,24,35,40,45,48H,3-4,10,12,15-21H2,1-2H3,(H,39,43)(H,42,44)(H2,41,46,49). The first-order chi connectivity index (χ1) is 23.7. The molecular weight excluding hydrogens is 628 g/mol. The van der Waals surface area contributed by atoms with Gasteiger partial charge in [0, 0.05) is 81.8 Å². The highest BCUT2D eigenvalue weighted by molar-refractivity contribution is 5.89. The summed E-state index contributed by atoms with van der Waals surface area (Å²) < 4.78 is 30.4. The van der Waals surface area contributed by atoms with Gasteiger partial charge in [-0.05, 0) is 79.1 Å². The van der Waals surface area contributed by atoms with Gasteiger partial charge in [0.1, 0.15) is 23.1 Å². The molecular formula is C36H45F2N9O2. The molecule has 3 aliphatic rings. The number of hydrogen-bond acceptors (Lipinski definition) is 9. The first-order valence-electron chi connectivity index (χ1n) is 17.0. The summed E-state index contributed by atoms with van der Waals surface area (Å²) in [7, 11) is 4.05. The Bertz CT molecular complexity index is 1730. The van der Waals surface area contributed by atoms with Gasteiger partial charge in [0.25, 0.3) is 0 Å². The van der Waals surface area contributed by atoms with Gasteiger partial charge in [0.05, 0.1) is 0 Å². The number of hydrogen-bond donors (Lipinski definition) is 7. The van der Waals surface area contributed by atoms with Crippen molar-refractivity contribution in [1.82, 2.24) is 30.8 Å². The van der Waals surface area contributed by atoms with Crippen LogP contribution in [0.3, 0.4) is 0 Å². The number of benzene rings is 1. The number of carbonyl (C=O) groups is 1. The number of carbonyl (C=O) groups excluding carboxylic acids is 1. The van der Waals surface area contributed by atoms with Gasteiger partial charge >= 0.3 is 6.03 Å². The average molecular weight is 674 g/mol. The molecule has 2 aromatic heterocycles. The quantitative estimate of drug-likeness (QED) is 0.140. The summed E-state index contributed by atoms with van der Waals surface area (Å²) in [5.41, 5.74) is 5.86. The van der Waals surface area contributed by atoms with E-state index in [1.807, 2.05) is 44.4 Å². The molecule has 7 N–H and O–H groups in total. The number of allylic oxidation sites excluding steroid dienone is 4. The zero-order valence-corrected chi connectivity index (χ0v) is 28.0. The highest BCUT2D eigenvalue weighted by Gasteiger charge is 2.26. The van der Waals surface area contributed by atoms with Crippen molar-refractivity contribution in [3.05, 3.63) is 99.7 Å². The highest BCUT2D eigenvalue weighted by atomic mass is 19.1. The molecule has 260 valence electrons. The molecule has 0 spiro atoms. The van der Waals surface area contributed by atoms with Gasteiger partial charge in [-0.2, -0.15) is 0 Å². The molecule has 11 nitrogen and oxygen atoms in total. The van der Waals surface area contributed by atoms with Crippen LogP contribution < -0.4 is 31.9 Å². The SMILES string of the molecule is CN(C)C1=CC=C(NC(O)NCCc2ccc3c(n2)NCC(c2ccc(F)c(NC(=O)NCCc4ccc5c(n4)NCCC5)c2F)C3)CC1. The smallest absolute Gasteiger partial charge is 0.319 e. The Morgan fingerprint density at radius 2 is 1.71 bits per heavy atom. The molecule has 0 fully saturated rings. The van der Waals surface area contributed by atoms with Crippen LogP contribution in [0.25, 0.3) is 0 Å². The summed E-state index contributed by atoms with van der Waals surface area (Å²) in [6.45, 7) is 2.07. The van der Waals surface area contributed by atoms with Gasteiger partial charge in [-0.25, -0.2) is 23.5 Å². The largest absolute Gasteiger partial charge is 0.381 e. The zero-order chi connectivity index (χ0) is 34.3. The Morgan fingerprint density at radius 1 is 0.959 bits per heavy atom. The van der Waals surface area contributed by atoms with Gasteiger partial charge in [0.2, 0.25) is 0 Å². The third-order valence-corrected chi connectivity index (χ3v) is 9.18. The van der Waals surface area contributed by atoms with Gasteiger partial charge in [-0.15, -0.1) is 0 Å². The van der Waals surface area contributed by atoms with Crippen molar-refractivity contribution in [2.24, 2.45) is 0 Å². The van der Waals surface area contributed by atoms with Crippen molar-refractivity contribution in [3.8, 4) is 0 Å².